The molecular weight excluding hydrogens is 312 g/mol. The van der Waals surface area contributed by atoms with Gasteiger partial charge in [0, 0.05) is 24.2 Å². The lowest BCUT2D eigenvalue weighted by atomic mass is 10.1. The number of rotatable bonds is 3. The van der Waals surface area contributed by atoms with E-state index in [1.54, 1.807) is 0 Å². The lowest BCUT2D eigenvalue weighted by molar-refractivity contribution is 0.0735. The molecule has 2 unspecified atom stereocenters. The van der Waals surface area contributed by atoms with Crippen LogP contribution in [0.25, 0.3) is 0 Å². The van der Waals surface area contributed by atoms with E-state index in [4.69, 9.17) is 5.73 Å². The molecule has 1 amide bonds. The average Bonchev–Trinajstić information content (AvgIpc) is 3.07. The first kappa shape index (κ1) is 18.3. The van der Waals surface area contributed by atoms with Gasteiger partial charge in [0.1, 0.15) is 0 Å². The molecule has 1 aliphatic carbocycles. The van der Waals surface area contributed by atoms with Crippen LogP contribution in [-0.4, -0.2) is 39.7 Å². The van der Waals surface area contributed by atoms with E-state index in [9.17, 15) is 4.79 Å². The fraction of sp³-hybridized carbons (Fsp3) is 0.765. The number of nitrogens with two attached hydrogens (primary N) is 1. The minimum Gasteiger partial charge on any atom is -0.334 e. The lowest BCUT2D eigenvalue weighted by Gasteiger charge is -2.23. The molecule has 2 aliphatic rings. The maximum absolute atomic E-state index is 12.9. The Labute approximate surface area is 145 Å². The molecule has 2 atom stereocenters. The Kier molecular flexibility index (Phi) is 5.12. The standard InChI is InChI=1S/C17H28N4O.ClH/c1-11-7-12(9-18)10-20(11)16(22)14-8-15(13-5-6-13)21(19-14)17(2,3)4;/h8,11-13H,5-7,9-10,18H2,1-4H3;1H. The summed E-state index contributed by atoms with van der Waals surface area (Å²) in [6.45, 7) is 9.95. The van der Waals surface area contributed by atoms with Gasteiger partial charge in [0.2, 0.25) is 0 Å². The summed E-state index contributed by atoms with van der Waals surface area (Å²) in [5.41, 5.74) is 7.50. The second-order valence-corrected chi connectivity index (χ2v) is 7.96. The second kappa shape index (κ2) is 6.44. The predicted molar refractivity (Wildman–Crippen MR) is 94.1 cm³/mol. The lowest BCUT2D eigenvalue weighted by Crippen LogP contribution is -2.35. The summed E-state index contributed by atoms with van der Waals surface area (Å²) >= 11 is 0. The highest BCUT2D eigenvalue weighted by Crippen LogP contribution is 2.42. The Morgan fingerprint density at radius 2 is 2.04 bits per heavy atom. The van der Waals surface area contributed by atoms with Crippen molar-refractivity contribution < 1.29 is 4.79 Å². The molecule has 3 rings (SSSR count). The fourth-order valence-corrected chi connectivity index (χ4v) is 3.45. The largest absolute Gasteiger partial charge is 0.334 e. The van der Waals surface area contributed by atoms with Gasteiger partial charge in [-0.3, -0.25) is 9.48 Å². The molecule has 2 fully saturated rings. The molecule has 2 N–H and O–H groups in total. The summed E-state index contributed by atoms with van der Waals surface area (Å²) in [5.74, 6) is 1.07. The number of carbonyl (C=O) groups is 1. The summed E-state index contributed by atoms with van der Waals surface area (Å²) in [6, 6.07) is 2.28. The molecule has 1 saturated heterocycles. The number of likely N-dealkylation sites (tertiary alicyclic amines) is 1. The van der Waals surface area contributed by atoms with E-state index in [1.165, 1.54) is 18.5 Å². The molecule has 1 aromatic rings. The zero-order valence-corrected chi connectivity index (χ0v) is 15.4. The first-order chi connectivity index (χ1) is 10.3. The molecule has 2 heterocycles. The molecule has 0 bridgehead atoms. The summed E-state index contributed by atoms with van der Waals surface area (Å²) in [6.07, 6.45) is 3.42. The highest BCUT2D eigenvalue weighted by atomic mass is 35.5. The molecular formula is C17H29ClN4O. The van der Waals surface area contributed by atoms with E-state index in [2.05, 4.69) is 37.5 Å². The highest BCUT2D eigenvalue weighted by molar-refractivity contribution is 5.93. The van der Waals surface area contributed by atoms with E-state index in [1.807, 2.05) is 11.0 Å². The van der Waals surface area contributed by atoms with Crippen LogP contribution in [0, 0.1) is 5.92 Å². The monoisotopic (exact) mass is 340 g/mol. The molecule has 0 spiro atoms. The quantitative estimate of drug-likeness (QED) is 0.920. The Bertz CT molecular complexity index is 574. The molecule has 130 valence electrons. The summed E-state index contributed by atoms with van der Waals surface area (Å²) < 4.78 is 2.05. The number of hydrogen-bond acceptors (Lipinski definition) is 3. The summed E-state index contributed by atoms with van der Waals surface area (Å²) in [4.78, 5) is 14.8. The van der Waals surface area contributed by atoms with Crippen molar-refractivity contribution in [3.63, 3.8) is 0 Å². The topological polar surface area (TPSA) is 64.2 Å². The molecule has 23 heavy (non-hydrogen) atoms. The van der Waals surface area contributed by atoms with Crippen molar-refractivity contribution >= 4 is 18.3 Å². The molecule has 1 aromatic heterocycles. The van der Waals surface area contributed by atoms with Crippen molar-refractivity contribution in [2.24, 2.45) is 11.7 Å². The van der Waals surface area contributed by atoms with E-state index in [0.717, 1.165) is 13.0 Å². The number of amides is 1. The van der Waals surface area contributed by atoms with Crippen LogP contribution in [0.1, 0.15) is 69.1 Å². The third-order valence-corrected chi connectivity index (χ3v) is 4.84. The van der Waals surface area contributed by atoms with Crippen LogP contribution >= 0.6 is 12.4 Å². The van der Waals surface area contributed by atoms with Gasteiger partial charge in [0.15, 0.2) is 5.69 Å². The number of carbonyl (C=O) groups excluding carboxylic acids is 1. The number of halogens is 1. The van der Waals surface area contributed by atoms with Gasteiger partial charge in [-0.2, -0.15) is 5.10 Å². The van der Waals surface area contributed by atoms with Crippen LogP contribution in [0.5, 0.6) is 0 Å². The second-order valence-electron chi connectivity index (χ2n) is 7.96. The van der Waals surface area contributed by atoms with Crippen LogP contribution in [0.3, 0.4) is 0 Å². The molecule has 1 aliphatic heterocycles. The molecule has 6 heteroatoms. The van der Waals surface area contributed by atoms with Crippen molar-refractivity contribution in [2.45, 2.75) is 64.5 Å². The number of aromatic nitrogens is 2. The van der Waals surface area contributed by atoms with Crippen LogP contribution in [-0.2, 0) is 5.54 Å². The van der Waals surface area contributed by atoms with E-state index >= 15 is 0 Å². The van der Waals surface area contributed by atoms with Crippen molar-refractivity contribution in [3.8, 4) is 0 Å². The van der Waals surface area contributed by atoms with E-state index in [0.29, 0.717) is 24.1 Å². The average molecular weight is 341 g/mol. The van der Waals surface area contributed by atoms with Crippen molar-refractivity contribution in [1.29, 1.82) is 0 Å². The van der Waals surface area contributed by atoms with E-state index in [-0.39, 0.29) is 29.9 Å². The minimum atomic E-state index is -0.0904. The van der Waals surface area contributed by atoms with Gasteiger partial charge in [0.25, 0.3) is 5.91 Å². The van der Waals surface area contributed by atoms with Gasteiger partial charge >= 0.3 is 0 Å². The first-order valence-electron chi connectivity index (χ1n) is 8.42. The van der Waals surface area contributed by atoms with Gasteiger partial charge in [-0.25, -0.2) is 0 Å². The Morgan fingerprint density at radius 1 is 1.39 bits per heavy atom. The molecule has 5 nitrogen and oxygen atoms in total. The Hall–Kier alpha value is -1.07. The maximum Gasteiger partial charge on any atom is 0.274 e. The van der Waals surface area contributed by atoms with Gasteiger partial charge in [-0.05, 0) is 65.5 Å². The van der Waals surface area contributed by atoms with E-state index < -0.39 is 0 Å². The highest BCUT2D eigenvalue weighted by Gasteiger charge is 2.36. The smallest absolute Gasteiger partial charge is 0.274 e. The third kappa shape index (κ3) is 3.56. The van der Waals surface area contributed by atoms with Gasteiger partial charge in [-0.1, -0.05) is 0 Å². The Morgan fingerprint density at radius 3 is 2.52 bits per heavy atom. The van der Waals surface area contributed by atoms with Crippen LogP contribution < -0.4 is 5.73 Å². The Balaban J connectivity index is 0.00000192. The number of nitrogens with zero attached hydrogens (tertiary/aromatic N) is 3. The van der Waals surface area contributed by atoms with Crippen molar-refractivity contribution in [1.82, 2.24) is 14.7 Å². The zero-order valence-electron chi connectivity index (χ0n) is 14.6. The zero-order chi connectivity index (χ0) is 16.1. The SMILES string of the molecule is CC1CC(CN)CN1C(=O)c1cc(C2CC2)n(C(C)(C)C)n1.Cl. The van der Waals surface area contributed by atoms with Crippen LogP contribution in [0.2, 0.25) is 0 Å². The van der Waals surface area contributed by atoms with Gasteiger partial charge in [0.05, 0.1) is 5.54 Å². The fourth-order valence-electron chi connectivity index (χ4n) is 3.45. The van der Waals surface area contributed by atoms with Gasteiger partial charge < -0.3 is 10.6 Å². The predicted octanol–water partition coefficient (Wildman–Crippen LogP) is 2.75. The number of hydrogen-bond donors (Lipinski definition) is 1. The molecule has 0 radical (unpaired) electrons. The third-order valence-electron chi connectivity index (χ3n) is 4.84. The normalized spacial score (nSPS) is 24.7. The van der Waals surface area contributed by atoms with Crippen LogP contribution in [0.15, 0.2) is 6.07 Å². The summed E-state index contributed by atoms with van der Waals surface area (Å²) in [5, 5.41) is 4.67. The van der Waals surface area contributed by atoms with Gasteiger partial charge in [-0.15, -0.1) is 12.4 Å². The maximum atomic E-state index is 12.9. The minimum absolute atomic E-state index is 0. The molecule has 1 saturated carbocycles. The summed E-state index contributed by atoms with van der Waals surface area (Å²) in [7, 11) is 0. The first-order valence-corrected chi connectivity index (χ1v) is 8.42. The van der Waals surface area contributed by atoms with Crippen LogP contribution in [0.4, 0.5) is 0 Å². The molecule has 0 aromatic carbocycles. The van der Waals surface area contributed by atoms with Crippen molar-refractivity contribution in [3.05, 3.63) is 17.5 Å². The van der Waals surface area contributed by atoms with Crippen molar-refractivity contribution in [2.75, 3.05) is 13.1 Å².